The molecule has 0 aliphatic rings. The van der Waals surface area contributed by atoms with Crippen LogP contribution in [0, 0.1) is 0 Å². The highest BCUT2D eigenvalue weighted by molar-refractivity contribution is 6.31. The molecule has 0 bridgehead atoms. The summed E-state index contributed by atoms with van der Waals surface area (Å²) in [6, 6.07) is 13.4. The second-order valence-corrected chi connectivity index (χ2v) is 7.41. The van der Waals surface area contributed by atoms with E-state index in [1.54, 1.807) is 30.3 Å². The number of ether oxygens (including phenoxy) is 1. The molecule has 0 unspecified atom stereocenters. The standard InChI is InChI=1S/C22H26Cl2N2O3/c1-3-13-25-22(28)20(4-2)26(14-16-7-5-6-8-19(16)24)21(27)15-29-18-11-9-17(23)10-12-18/h5-12,20H,3-4,13-15H2,1-2H3,(H,25,28)/t20-/m0/s1. The Morgan fingerprint density at radius 3 is 2.38 bits per heavy atom. The first-order chi connectivity index (χ1) is 14.0. The lowest BCUT2D eigenvalue weighted by atomic mass is 10.1. The monoisotopic (exact) mass is 436 g/mol. The molecule has 5 nitrogen and oxygen atoms in total. The Balaban J connectivity index is 2.19. The molecule has 0 heterocycles. The summed E-state index contributed by atoms with van der Waals surface area (Å²) >= 11 is 12.2. The van der Waals surface area contributed by atoms with E-state index in [4.69, 9.17) is 27.9 Å². The van der Waals surface area contributed by atoms with Gasteiger partial charge in [-0.2, -0.15) is 0 Å². The van der Waals surface area contributed by atoms with Crippen LogP contribution in [-0.4, -0.2) is 35.9 Å². The van der Waals surface area contributed by atoms with Crippen LogP contribution in [0.3, 0.4) is 0 Å². The van der Waals surface area contributed by atoms with Gasteiger partial charge in [0.15, 0.2) is 6.61 Å². The molecule has 2 aromatic carbocycles. The molecule has 0 aliphatic carbocycles. The van der Waals surface area contributed by atoms with E-state index in [0.29, 0.717) is 28.8 Å². The van der Waals surface area contributed by atoms with Gasteiger partial charge in [-0.15, -0.1) is 0 Å². The van der Waals surface area contributed by atoms with E-state index in [0.717, 1.165) is 12.0 Å². The molecule has 0 aliphatic heterocycles. The van der Waals surface area contributed by atoms with Crippen LogP contribution in [0.15, 0.2) is 48.5 Å². The maximum atomic E-state index is 13.0. The molecule has 2 amide bonds. The van der Waals surface area contributed by atoms with E-state index in [2.05, 4.69) is 5.32 Å². The third-order valence-electron chi connectivity index (χ3n) is 4.41. The molecule has 1 atom stereocenters. The second kappa shape index (κ2) is 11.7. The number of halogens is 2. The molecule has 0 aromatic heterocycles. The summed E-state index contributed by atoms with van der Waals surface area (Å²) < 4.78 is 5.61. The first-order valence-corrected chi connectivity index (χ1v) is 10.4. The molecular formula is C22H26Cl2N2O3. The topological polar surface area (TPSA) is 58.6 Å². The first-order valence-electron chi connectivity index (χ1n) is 9.65. The summed E-state index contributed by atoms with van der Waals surface area (Å²) in [7, 11) is 0. The van der Waals surface area contributed by atoms with Crippen molar-refractivity contribution < 1.29 is 14.3 Å². The minimum absolute atomic E-state index is 0.179. The van der Waals surface area contributed by atoms with Crippen molar-refractivity contribution in [3.8, 4) is 5.75 Å². The summed E-state index contributed by atoms with van der Waals surface area (Å²) in [4.78, 5) is 27.2. The molecular weight excluding hydrogens is 411 g/mol. The van der Waals surface area contributed by atoms with Crippen LogP contribution in [0.25, 0.3) is 0 Å². The molecule has 1 N–H and O–H groups in total. The van der Waals surface area contributed by atoms with Gasteiger partial charge in [-0.05, 0) is 48.7 Å². The number of hydrogen-bond donors (Lipinski definition) is 1. The van der Waals surface area contributed by atoms with Crippen molar-refractivity contribution >= 4 is 35.0 Å². The quantitative estimate of drug-likeness (QED) is 0.586. The number of nitrogens with zero attached hydrogens (tertiary/aromatic N) is 1. The van der Waals surface area contributed by atoms with Gasteiger partial charge in [0.1, 0.15) is 11.8 Å². The lowest BCUT2D eigenvalue weighted by molar-refractivity contribution is -0.143. The Morgan fingerprint density at radius 1 is 1.07 bits per heavy atom. The number of rotatable bonds is 10. The normalized spacial score (nSPS) is 11.6. The lowest BCUT2D eigenvalue weighted by Gasteiger charge is -2.30. The van der Waals surface area contributed by atoms with E-state index in [1.807, 2.05) is 32.0 Å². The number of hydrogen-bond acceptors (Lipinski definition) is 3. The van der Waals surface area contributed by atoms with Crippen molar-refractivity contribution in [1.29, 1.82) is 0 Å². The Hall–Kier alpha value is -2.24. The molecule has 0 fully saturated rings. The average molecular weight is 437 g/mol. The minimum Gasteiger partial charge on any atom is -0.484 e. The minimum atomic E-state index is -0.612. The van der Waals surface area contributed by atoms with Crippen molar-refractivity contribution in [3.05, 3.63) is 64.1 Å². The van der Waals surface area contributed by atoms with E-state index < -0.39 is 6.04 Å². The third kappa shape index (κ3) is 6.94. The zero-order valence-electron chi connectivity index (χ0n) is 16.7. The molecule has 156 valence electrons. The van der Waals surface area contributed by atoms with Crippen LogP contribution in [0.1, 0.15) is 32.3 Å². The van der Waals surface area contributed by atoms with Crippen LogP contribution >= 0.6 is 23.2 Å². The molecule has 0 spiro atoms. The fraction of sp³-hybridized carbons (Fsp3) is 0.364. The van der Waals surface area contributed by atoms with E-state index in [1.165, 1.54) is 4.90 Å². The molecule has 0 radical (unpaired) electrons. The Bertz CT molecular complexity index is 812. The van der Waals surface area contributed by atoms with E-state index in [9.17, 15) is 9.59 Å². The van der Waals surface area contributed by atoms with Crippen LogP contribution in [0.4, 0.5) is 0 Å². The molecule has 2 aromatic rings. The van der Waals surface area contributed by atoms with Crippen molar-refractivity contribution in [2.45, 2.75) is 39.3 Å². The number of amides is 2. The third-order valence-corrected chi connectivity index (χ3v) is 5.03. The largest absolute Gasteiger partial charge is 0.484 e. The van der Waals surface area contributed by atoms with Gasteiger partial charge in [0.25, 0.3) is 5.91 Å². The van der Waals surface area contributed by atoms with Crippen molar-refractivity contribution in [1.82, 2.24) is 10.2 Å². The summed E-state index contributed by atoms with van der Waals surface area (Å²) in [5.74, 6) is 0.0588. The highest BCUT2D eigenvalue weighted by Crippen LogP contribution is 2.20. The van der Waals surface area contributed by atoms with Gasteiger partial charge in [-0.25, -0.2) is 0 Å². The van der Waals surface area contributed by atoms with Gasteiger partial charge < -0.3 is 15.0 Å². The average Bonchev–Trinajstić information content (AvgIpc) is 2.72. The predicted octanol–water partition coefficient (Wildman–Crippen LogP) is 4.71. The Kier molecular flexibility index (Phi) is 9.29. The molecule has 7 heteroatoms. The van der Waals surface area contributed by atoms with Crippen LogP contribution in [-0.2, 0) is 16.1 Å². The van der Waals surface area contributed by atoms with Crippen LogP contribution in [0.5, 0.6) is 5.75 Å². The summed E-state index contributed by atoms with van der Waals surface area (Å²) in [5, 5.41) is 4.01. The lowest BCUT2D eigenvalue weighted by Crippen LogP contribution is -2.50. The number of carbonyl (C=O) groups excluding carboxylic acids is 2. The smallest absolute Gasteiger partial charge is 0.261 e. The maximum absolute atomic E-state index is 13.0. The number of carbonyl (C=O) groups is 2. The van der Waals surface area contributed by atoms with Gasteiger partial charge in [-0.3, -0.25) is 9.59 Å². The van der Waals surface area contributed by atoms with Gasteiger partial charge in [-0.1, -0.05) is 55.2 Å². The summed E-state index contributed by atoms with van der Waals surface area (Å²) in [6.45, 7) is 4.45. The number of benzene rings is 2. The first kappa shape index (κ1) is 23.0. The zero-order valence-corrected chi connectivity index (χ0v) is 18.2. The SMILES string of the molecule is CCCNC(=O)[C@H](CC)N(Cc1ccccc1Cl)C(=O)COc1ccc(Cl)cc1. The van der Waals surface area contributed by atoms with E-state index in [-0.39, 0.29) is 25.0 Å². The molecule has 2 rings (SSSR count). The highest BCUT2D eigenvalue weighted by atomic mass is 35.5. The molecule has 29 heavy (non-hydrogen) atoms. The van der Waals surface area contributed by atoms with Gasteiger partial charge in [0, 0.05) is 23.1 Å². The number of nitrogens with one attached hydrogen (secondary N) is 1. The van der Waals surface area contributed by atoms with Crippen molar-refractivity contribution in [3.63, 3.8) is 0 Å². The van der Waals surface area contributed by atoms with Gasteiger partial charge in [0.2, 0.25) is 5.91 Å². The Morgan fingerprint density at radius 2 is 1.76 bits per heavy atom. The molecule has 0 saturated carbocycles. The van der Waals surface area contributed by atoms with Crippen LogP contribution in [0.2, 0.25) is 10.0 Å². The fourth-order valence-electron chi connectivity index (χ4n) is 2.85. The van der Waals surface area contributed by atoms with E-state index >= 15 is 0 Å². The zero-order chi connectivity index (χ0) is 21.2. The van der Waals surface area contributed by atoms with Gasteiger partial charge >= 0.3 is 0 Å². The van der Waals surface area contributed by atoms with Gasteiger partial charge in [0.05, 0.1) is 0 Å². The molecule has 0 saturated heterocycles. The maximum Gasteiger partial charge on any atom is 0.261 e. The van der Waals surface area contributed by atoms with Crippen LogP contribution < -0.4 is 10.1 Å². The highest BCUT2D eigenvalue weighted by Gasteiger charge is 2.29. The van der Waals surface area contributed by atoms with Crippen molar-refractivity contribution in [2.24, 2.45) is 0 Å². The fourth-order valence-corrected chi connectivity index (χ4v) is 3.18. The summed E-state index contributed by atoms with van der Waals surface area (Å²) in [5.41, 5.74) is 0.774. The van der Waals surface area contributed by atoms with Crippen molar-refractivity contribution in [2.75, 3.05) is 13.2 Å². The Labute approximate surface area is 181 Å². The predicted molar refractivity (Wildman–Crippen MR) is 116 cm³/mol. The summed E-state index contributed by atoms with van der Waals surface area (Å²) in [6.07, 6.45) is 1.30. The second-order valence-electron chi connectivity index (χ2n) is 6.57.